The second-order valence-corrected chi connectivity index (χ2v) is 7.06. The van der Waals surface area contributed by atoms with Gasteiger partial charge in [0.25, 0.3) is 5.91 Å². The van der Waals surface area contributed by atoms with Gasteiger partial charge in [-0.1, -0.05) is 12.1 Å². The smallest absolute Gasteiger partial charge is 0.409 e. The molecule has 27 heavy (non-hydrogen) atoms. The van der Waals surface area contributed by atoms with Crippen LogP contribution in [0.1, 0.15) is 29.4 Å². The summed E-state index contributed by atoms with van der Waals surface area (Å²) < 4.78 is 18.0. The molecule has 0 atom stereocenters. The van der Waals surface area contributed by atoms with Crippen LogP contribution in [0.3, 0.4) is 0 Å². The largest absolute Gasteiger partial charge is 0.450 e. The van der Waals surface area contributed by atoms with Gasteiger partial charge in [-0.15, -0.1) is 11.3 Å². The van der Waals surface area contributed by atoms with Crippen LogP contribution in [0.2, 0.25) is 0 Å². The van der Waals surface area contributed by atoms with Crippen LogP contribution in [-0.4, -0.2) is 42.3 Å². The third-order valence-electron chi connectivity index (χ3n) is 4.14. The van der Waals surface area contributed by atoms with Crippen molar-refractivity contribution in [3.63, 3.8) is 0 Å². The van der Waals surface area contributed by atoms with E-state index in [2.05, 4.69) is 10.5 Å². The van der Waals surface area contributed by atoms with Gasteiger partial charge in [-0.25, -0.2) is 14.6 Å². The quantitative estimate of drug-likeness (QED) is 0.807. The van der Waals surface area contributed by atoms with Crippen LogP contribution >= 0.6 is 11.3 Å². The average molecular weight is 389 g/mol. The van der Waals surface area contributed by atoms with Gasteiger partial charge in [0.2, 0.25) is 0 Å². The van der Waals surface area contributed by atoms with Crippen molar-refractivity contribution >= 4 is 29.0 Å². The summed E-state index contributed by atoms with van der Waals surface area (Å²) in [4.78, 5) is 27.0. The summed E-state index contributed by atoms with van der Waals surface area (Å²) in [6.07, 6.45) is 0.891. The van der Waals surface area contributed by atoms with Crippen LogP contribution in [0, 0.1) is 5.82 Å². The summed E-state index contributed by atoms with van der Waals surface area (Å²) in [5.41, 5.74) is 4.28. The fraction of sp³-hybridized carbons (Fsp3) is 0.316. The number of hydrogen-bond donors (Lipinski definition) is 1. The monoisotopic (exact) mass is 389 g/mol. The summed E-state index contributed by atoms with van der Waals surface area (Å²) in [6.45, 7) is 3.19. The van der Waals surface area contributed by atoms with E-state index in [4.69, 9.17) is 4.74 Å². The molecule has 0 bridgehead atoms. The second kappa shape index (κ2) is 8.77. The molecule has 2 amide bonds. The molecule has 0 radical (unpaired) electrons. The normalized spacial score (nSPS) is 14.0. The Morgan fingerprint density at radius 1 is 1.19 bits per heavy atom. The van der Waals surface area contributed by atoms with Gasteiger partial charge in [-0.05, 0) is 36.8 Å². The zero-order valence-corrected chi connectivity index (χ0v) is 15.7. The minimum atomic E-state index is -0.313. The van der Waals surface area contributed by atoms with E-state index >= 15 is 0 Å². The number of hydrazone groups is 1. The molecule has 1 fully saturated rings. The SMILES string of the molecule is CCOC(=O)N1CCC(=NNC(=O)c2ccc(-c3ccc(F)cc3)s2)CC1. The van der Waals surface area contributed by atoms with Crippen molar-refractivity contribution in [1.29, 1.82) is 0 Å². The molecule has 2 aromatic rings. The van der Waals surface area contributed by atoms with Crippen molar-refractivity contribution < 1.29 is 18.7 Å². The minimum Gasteiger partial charge on any atom is -0.450 e. The predicted octanol–water partition coefficient (Wildman–Crippen LogP) is 3.89. The number of nitrogens with one attached hydrogen (secondary N) is 1. The topological polar surface area (TPSA) is 71.0 Å². The predicted molar refractivity (Wildman–Crippen MR) is 102 cm³/mol. The van der Waals surface area contributed by atoms with Gasteiger partial charge in [-0.2, -0.15) is 5.10 Å². The third kappa shape index (κ3) is 4.91. The highest BCUT2D eigenvalue weighted by atomic mass is 32.1. The van der Waals surface area contributed by atoms with Gasteiger partial charge in [0.1, 0.15) is 5.82 Å². The molecule has 1 aromatic carbocycles. The molecule has 1 aliphatic heterocycles. The van der Waals surface area contributed by atoms with E-state index < -0.39 is 0 Å². The van der Waals surface area contributed by atoms with Crippen molar-refractivity contribution in [1.82, 2.24) is 10.3 Å². The van der Waals surface area contributed by atoms with E-state index in [-0.39, 0.29) is 17.8 Å². The summed E-state index contributed by atoms with van der Waals surface area (Å²) in [6, 6.07) is 9.70. The number of hydrogen-bond acceptors (Lipinski definition) is 5. The van der Waals surface area contributed by atoms with Crippen molar-refractivity contribution in [3.05, 3.63) is 47.1 Å². The number of carbonyl (C=O) groups is 2. The lowest BCUT2D eigenvalue weighted by atomic mass is 10.1. The number of piperidine rings is 1. The maximum atomic E-state index is 13.0. The Morgan fingerprint density at radius 3 is 2.56 bits per heavy atom. The van der Waals surface area contributed by atoms with Crippen LogP contribution in [0.5, 0.6) is 0 Å². The fourth-order valence-corrected chi connectivity index (χ4v) is 3.59. The van der Waals surface area contributed by atoms with Crippen LogP contribution < -0.4 is 5.43 Å². The first-order valence-corrected chi connectivity index (χ1v) is 9.51. The number of benzene rings is 1. The van der Waals surface area contributed by atoms with Gasteiger partial charge in [0.05, 0.1) is 11.5 Å². The summed E-state index contributed by atoms with van der Waals surface area (Å²) in [7, 11) is 0. The number of amides is 2. The molecule has 0 spiro atoms. The van der Waals surface area contributed by atoms with Crippen LogP contribution in [0.25, 0.3) is 10.4 Å². The zero-order valence-electron chi connectivity index (χ0n) is 14.9. The number of thiophene rings is 1. The molecule has 1 N–H and O–H groups in total. The van der Waals surface area contributed by atoms with Gasteiger partial charge >= 0.3 is 6.09 Å². The lowest BCUT2D eigenvalue weighted by Gasteiger charge is -2.26. The van der Waals surface area contributed by atoms with Gasteiger partial charge in [-0.3, -0.25) is 4.79 Å². The standard InChI is InChI=1S/C19H20FN3O3S/c1-2-26-19(25)23-11-9-15(10-12-23)21-22-18(24)17-8-7-16(27-17)13-3-5-14(20)6-4-13/h3-8H,2,9-12H2,1H3,(H,22,24). The highest BCUT2D eigenvalue weighted by molar-refractivity contribution is 7.17. The molecule has 3 rings (SSSR count). The molecular weight excluding hydrogens is 369 g/mol. The Kier molecular flexibility index (Phi) is 6.18. The van der Waals surface area contributed by atoms with Gasteiger partial charge < -0.3 is 9.64 Å². The third-order valence-corrected chi connectivity index (χ3v) is 5.27. The Morgan fingerprint density at radius 2 is 1.89 bits per heavy atom. The molecule has 1 saturated heterocycles. The van der Waals surface area contributed by atoms with E-state index in [1.54, 1.807) is 30.0 Å². The van der Waals surface area contributed by atoms with E-state index in [1.165, 1.54) is 23.5 Å². The van der Waals surface area contributed by atoms with Crippen LogP contribution in [-0.2, 0) is 4.74 Å². The van der Waals surface area contributed by atoms with Gasteiger partial charge in [0, 0.05) is 36.5 Å². The van der Waals surface area contributed by atoms with E-state index in [1.807, 2.05) is 6.07 Å². The molecule has 6 nitrogen and oxygen atoms in total. The van der Waals surface area contributed by atoms with E-state index in [9.17, 15) is 14.0 Å². The number of ether oxygens (including phenoxy) is 1. The van der Waals surface area contributed by atoms with E-state index in [0.717, 1.165) is 16.2 Å². The Bertz CT molecular complexity index is 838. The lowest BCUT2D eigenvalue weighted by Crippen LogP contribution is -2.39. The van der Waals surface area contributed by atoms with E-state index in [0.29, 0.717) is 37.4 Å². The molecule has 1 aliphatic rings. The molecule has 1 aromatic heterocycles. The van der Waals surface area contributed by atoms with Crippen LogP contribution in [0.4, 0.5) is 9.18 Å². The molecule has 142 valence electrons. The Labute approximate surface area is 160 Å². The highest BCUT2D eigenvalue weighted by Gasteiger charge is 2.21. The van der Waals surface area contributed by atoms with Gasteiger partial charge in [0.15, 0.2) is 0 Å². The molecule has 0 saturated carbocycles. The van der Waals surface area contributed by atoms with Crippen molar-refractivity contribution in [2.75, 3.05) is 19.7 Å². The maximum Gasteiger partial charge on any atom is 0.409 e. The summed E-state index contributed by atoms with van der Waals surface area (Å²) in [5.74, 6) is -0.577. The maximum absolute atomic E-state index is 13.0. The van der Waals surface area contributed by atoms with Crippen molar-refractivity contribution in [2.24, 2.45) is 5.10 Å². The zero-order chi connectivity index (χ0) is 19.2. The number of rotatable bonds is 4. The highest BCUT2D eigenvalue weighted by Crippen LogP contribution is 2.28. The van der Waals surface area contributed by atoms with Crippen molar-refractivity contribution in [2.45, 2.75) is 19.8 Å². The number of carbonyl (C=O) groups excluding carboxylic acids is 2. The molecule has 0 unspecified atom stereocenters. The lowest BCUT2D eigenvalue weighted by molar-refractivity contribution is 0.0955. The molecule has 0 aliphatic carbocycles. The minimum absolute atomic E-state index is 0.284. The van der Waals surface area contributed by atoms with Crippen LogP contribution in [0.15, 0.2) is 41.5 Å². The summed E-state index contributed by atoms with van der Waals surface area (Å²) >= 11 is 1.32. The first-order chi connectivity index (χ1) is 13.1. The number of nitrogens with zero attached hydrogens (tertiary/aromatic N) is 2. The Balaban J connectivity index is 1.55. The summed E-state index contributed by atoms with van der Waals surface area (Å²) in [5, 5.41) is 4.19. The Hall–Kier alpha value is -2.74. The second-order valence-electron chi connectivity index (χ2n) is 5.98. The number of likely N-dealkylation sites (tertiary alicyclic amines) is 1. The molecule has 2 heterocycles. The average Bonchev–Trinajstić information content (AvgIpc) is 3.17. The molecular formula is C19H20FN3O3S. The van der Waals surface area contributed by atoms with Crippen molar-refractivity contribution in [3.8, 4) is 10.4 Å². The molecule has 8 heteroatoms. The fourth-order valence-electron chi connectivity index (χ4n) is 2.69. The first-order valence-electron chi connectivity index (χ1n) is 8.70. The first kappa shape index (κ1) is 19.0. The number of halogens is 1.